The Kier molecular flexibility index (Phi) is 2.71. The first-order valence-electron chi connectivity index (χ1n) is 5.77. The summed E-state index contributed by atoms with van der Waals surface area (Å²) in [6.45, 7) is 0.630. The lowest BCUT2D eigenvalue weighted by Crippen LogP contribution is -2.22. The van der Waals surface area contributed by atoms with E-state index in [0.29, 0.717) is 23.5 Å². The lowest BCUT2D eigenvalue weighted by molar-refractivity contribution is 0.864. The summed E-state index contributed by atoms with van der Waals surface area (Å²) in [6.07, 6.45) is 4.93. The van der Waals surface area contributed by atoms with Crippen LogP contribution in [0.5, 0.6) is 0 Å². The van der Waals surface area contributed by atoms with Gasteiger partial charge in [-0.2, -0.15) is 10.1 Å². The average molecular weight is 256 g/mol. The van der Waals surface area contributed by atoms with Crippen molar-refractivity contribution in [2.24, 2.45) is 0 Å². The normalized spacial score (nSPS) is 10.8. The lowest BCUT2D eigenvalue weighted by atomic mass is 10.2. The highest BCUT2D eigenvalue weighted by Crippen LogP contribution is 2.10. The third kappa shape index (κ3) is 2.17. The van der Waals surface area contributed by atoms with E-state index in [0.717, 1.165) is 5.56 Å². The van der Waals surface area contributed by atoms with Gasteiger partial charge in [0.2, 0.25) is 5.95 Å². The van der Waals surface area contributed by atoms with Crippen LogP contribution in [0, 0.1) is 0 Å². The predicted octanol–water partition coefficient (Wildman–Crippen LogP) is 0.678. The second-order valence-corrected chi connectivity index (χ2v) is 4.23. The van der Waals surface area contributed by atoms with E-state index in [1.807, 2.05) is 24.1 Å². The first-order chi connectivity index (χ1) is 9.24. The predicted molar refractivity (Wildman–Crippen MR) is 70.9 cm³/mol. The number of H-pyrrole nitrogens is 2. The summed E-state index contributed by atoms with van der Waals surface area (Å²) in [5.41, 5.74) is 1.38. The van der Waals surface area contributed by atoms with Gasteiger partial charge >= 0.3 is 0 Å². The third-order valence-electron chi connectivity index (χ3n) is 2.84. The first-order valence-corrected chi connectivity index (χ1v) is 5.77. The molecule has 7 heteroatoms. The molecule has 0 saturated heterocycles. The van der Waals surface area contributed by atoms with Crippen LogP contribution in [0.1, 0.15) is 5.56 Å². The van der Waals surface area contributed by atoms with E-state index in [-0.39, 0.29) is 5.56 Å². The molecule has 7 nitrogen and oxygen atoms in total. The Morgan fingerprint density at radius 2 is 2.11 bits per heavy atom. The molecule has 0 aliphatic carbocycles. The molecule has 3 aromatic rings. The van der Waals surface area contributed by atoms with Crippen molar-refractivity contribution in [1.29, 1.82) is 0 Å². The molecule has 3 heterocycles. The van der Waals surface area contributed by atoms with E-state index in [1.165, 1.54) is 6.20 Å². The third-order valence-corrected chi connectivity index (χ3v) is 2.84. The van der Waals surface area contributed by atoms with Crippen LogP contribution in [0.25, 0.3) is 11.0 Å². The Balaban J connectivity index is 1.93. The Morgan fingerprint density at radius 1 is 1.32 bits per heavy atom. The van der Waals surface area contributed by atoms with Crippen molar-refractivity contribution in [1.82, 2.24) is 25.1 Å². The smallest absolute Gasteiger partial charge is 0.263 e. The molecule has 0 radical (unpaired) electrons. The van der Waals surface area contributed by atoms with Crippen molar-refractivity contribution in [3.63, 3.8) is 0 Å². The number of fused-ring (bicyclic) bond motifs is 1. The van der Waals surface area contributed by atoms with Crippen molar-refractivity contribution in [3.8, 4) is 0 Å². The van der Waals surface area contributed by atoms with Crippen LogP contribution in [0.4, 0.5) is 5.95 Å². The molecule has 0 spiro atoms. The molecule has 0 amide bonds. The Hall–Kier alpha value is -2.70. The number of nitrogens with zero attached hydrogens (tertiary/aromatic N) is 4. The van der Waals surface area contributed by atoms with Gasteiger partial charge in [0.05, 0.1) is 6.20 Å². The number of aromatic amines is 2. The van der Waals surface area contributed by atoms with Crippen molar-refractivity contribution in [2.45, 2.75) is 6.54 Å². The van der Waals surface area contributed by atoms with Crippen LogP contribution in [0.3, 0.4) is 0 Å². The van der Waals surface area contributed by atoms with Gasteiger partial charge in [-0.05, 0) is 17.7 Å². The molecule has 0 saturated carbocycles. The van der Waals surface area contributed by atoms with Gasteiger partial charge in [-0.15, -0.1) is 0 Å². The van der Waals surface area contributed by atoms with Gasteiger partial charge in [-0.3, -0.25) is 19.9 Å². The number of rotatable bonds is 3. The minimum absolute atomic E-state index is 0.199. The minimum atomic E-state index is -0.199. The summed E-state index contributed by atoms with van der Waals surface area (Å²) in [5.74, 6) is 0.499. The van der Waals surface area contributed by atoms with E-state index in [9.17, 15) is 4.79 Å². The second kappa shape index (κ2) is 4.52. The van der Waals surface area contributed by atoms with Crippen molar-refractivity contribution in [3.05, 3.63) is 46.6 Å². The molecule has 0 aliphatic rings. The van der Waals surface area contributed by atoms with Crippen LogP contribution >= 0.6 is 0 Å². The fourth-order valence-electron chi connectivity index (χ4n) is 1.85. The fraction of sp³-hybridized carbons (Fsp3) is 0.167. The van der Waals surface area contributed by atoms with E-state index < -0.39 is 0 Å². The molecule has 0 atom stereocenters. The van der Waals surface area contributed by atoms with Gasteiger partial charge in [0, 0.05) is 26.0 Å². The number of pyridine rings is 1. The molecule has 96 valence electrons. The molecule has 0 bridgehead atoms. The SMILES string of the molecule is CN(Cc1ccncc1)c1nc2[nH]ncc2c(=O)[nH]1. The maximum Gasteiger partial charge on any atom is 0.263 e. The van der Waals surface area contributed by atoms with Crippen LogP contribution in [0.2, 0.25) is 0 Å². The van der Waals surface area contributed by atoms with Gasteiger partial charge in [0.25, 0.3) is 5.56 Å². The number of anilines is 1. The molecule has 0 fully saturated rings. The molecule has 3 aromatic heterocycles. The highest BCUT2D eigenvalue weighted by molar-refractivity contribution is 5.73. The zero-order valence-electron chi connectivity index (χ0n) is 10.3. The summed E-state index contributed by atoms with van der Waals surface area (Å²) in [4.78, 5) is 24.7. The summed E-state index contributed by atoms with van der Waals surface area (Å²) in [7, 11) is 1.86. The highest BCUT2D eigenvalue weighted by atomic mass is 16.1. The van der Waals surface area contributed by atoms with Gasteiger partial charge in [0.15, 0.2) is 5.65 Å². The average Bonchev–Trinajstić information content (AvgIpc) is 2.88. The van der Waals surface area contributed by atoms with Crippen LogP contribution in [-0.4, -0.2) is 32.2 Å². The van der Waals surface area contributed by atoms with Crippen LogP contribution in [-0.2, 0) is 6.54 Å². The fourth-order valence-corrected chi connectivity index (χ4v) is 1.85. The van der Waals surface area contributed by atoms with Gasteiger partial charge < -0.3 is 4.90 Å². The minimum Gasteiger partial charge on any atom is -0.341 e. The Morgan fingerprint density at radius 3 is 2.89 bits per heavy atom. The van der Waals surface area contributed by atoms with E-state index in [4.69, 9.17) is 0 Å². The van der Waals surface area contributed by atoms with Gasteiger partial charge in [-0.25, -0.2) is 0 Å². The van der Waals surface area contributed by atoms with Crippen molar-refractivity contribution >= 4 is 17.0 Å². The summed E-state index contributed by atoms with van der Waals surface area (Å²) >= 11 is 0. The van der Waals surface area contributed by atoms with Gasteiger partial charge in [-0.1, -0.05) is 0 Å². The first kappa shape index (κ1) is 11.4. The number of hydrogen-bond acceptors (Lipinski definition) is 5. The quantitative estimate of drug-likeness (QED) is 0.719. The molecule has 2 N–H and O–H groups in total. The van der Waals surface area contributed by atoms with Crippen LogP contribution in [0.15, 0.2) is 35.5 Å². The van der Waals surface area contributed by atoms with Gasteiger partial charge in [0.1, 0.15) is 5.39 Å². The Bertz CT molecular complexity index is 748. The maximum atomic E-state index is 11.8. The molecule has 3 rings (SSSR count). The monoisotopic (exact) mass is 256 g/mol. The number of hydrogen-bond donors (Lipinski definition) is 2. The summed E-state index contributed by atoms with van der Waals surface area (Å²) in [5, 5.41) is 6.97. The summed E-state index contributed by atoms with van der Waals surface area (Å²) < 4.78 is 0. The molecule has 19 heavy (non-hydrogen) atoms. The number of aromatic nitrogens is 5. The topological polar surface area (TPSA) is 90.6 Å². The van der Waals surface area contributed by atoms with Crippen LogP contribution < -0.4 is 10.5 Å². The molecular weight excluding hydrogens is 244 g/mol. The zero-order valence-corrected chi connectivity index (χ0v) is 10.3. The standard InChI is InChI=1S/C12H12N6O/c1-18(7-8-2-4-13-5-3-8)12-15-10-9(6-14-17-10)11(19)16-12/h2-6H,7H2,1H3,(H2,14,15,16,17,19). The molecule has 0 aromatic carbocycles. The molecular formula is C12H12N6O. The van der Waals surface area contributed by atoms with Crippen molar-refractivity contribution < 1.29 is 0 Å². The second-order valence-electron chi connectivity index (χ2n) is 4.23. The zero-order chi connectivity index (χ0) is 13.2. The van der Waals surface area contributed by atoms with E-state index in [1.54, 1.807) is 12.4 Å². The highest BCUT2D eigenvalue weighted by Gasteiger charge is 2.09. The largest absolute Gasteiger partial charge is 0.341 e. The van der Waals surface area contributed by atoms with E-state index >= 15 is 0 Å². The summed E-state index contributed by atoms with van der Waals surface area (Å²) in [6, 6.07) is 3.84. The molecule has 0 aliphatic heterocycles. The number of nitrogens with one attached hydrogen (secondary N) is 2. The molecule has 0 unspecified atom stereocenters. The van der Waals surface area contributed by atoms with E-state index in [2.05, 4.69) is 25.1 Å². The lowest BCUT2D eigenvalue weighted by Gasteiger charge is -2.17. The maximum absolute atomic E-state index is 11.8. The Labute approximate surface area is 108 Å². The van der Waals surface area contributed by atoms with Crippen molar-refractivity contribution in [2.75, 3.05) is 11.9 Å².